The van der Waals surface area contributed by atoms with Gasteiger partial charge in [-0.05, 0) is 24.3 Å². The second kappa shape index (κ2) is 6.67. The van der Waals surface area contributed by atoms with E-state index in [1.54, 1.807) is 24.6 Å². The highest BCUT2D eigenvalue weighted by Gasteiger charge is 2.44. The van der Waals surface area contributed by atoms with Crippen molar-refractivity contribution in [1.29, 1.82) is 0 Å². The lowest BCUT2D eigenvalue weighted by molar-refractivity contribution is 0.00566. The summed E-state index contributed by atoms with van der Waals surface area (Å²) in [7, 11) is 1.65. The first-order valence-electron chi connectivity index (χ1n) is 7.74. The summed E-state index contributed by atoms with van der Waals surface area (Å²) in [6.45, 7) is 0.426. The highest BCUT2D eigenvalue weighted by atomic mass is 32.1. The third-order valence-corrected chi connectivity index (χ3v) is 5.68. The first-order valence-corrected chi connectivity index (χ1v) is 8.62. The lowest BCUT2D eigenvalue weighted by atomic mass is 9.64. The number of alkyl halides is 2. The van der Waals surface area contributed by atoms with Crippen LogP contribution in [-0.4, -0.2) is 21.5 Å². The number of rotatable bonds is 7. The Labute approximate surface area is 138 Å². The fourth-order valence-electron chi connectivity index (χ4n) is 3.33. The highest BCUT2D eigenvalue weighted by molar-refractivity contribution is 7.10. The maximum atomic E-state index is 13.1. The summed E-state index contributed by atoms with van der Waals surface area (Å²) in [6.07, 6.45) is 2.05. The molecule has 1 saturated carbocycles. The molecule has 2 heterocycles. The van der Waals surface area contributed by atoms with Gasteiger partial charge in [0.2, 0.25) is 0 Å². The van der Waals surface area contributed by atoms with Gasteiger partial charge in [-0.3, -0.25) is 4.68 Å². The topological polar surface area (TPSA) is 50.1 Å². The number of aliphatic hydroxyl groups is 1. The minimum atomic E-state index is -2.58. The summed E-state index contributed by atoms with van der Waals surface area (Å²) in [5, 5.41) is 19.1. The first-order chi connectivity index (χ1) is 11.1. The number of aliphatic hydroxyl groups excluding tert-OH is 1. The van der Waals surface area contributed by atoms with Crippen LogP contribution in [0.25, 0.3) is 0 Å². The molecule has 1 atom stereocenters. The molecule has 4 nitrogen and oxygen atoms in total. The standard InChI is InChI=1S/C16H21F2N3OS/c1-21-9-11(13(20-21)15(17)18)8-19-14(12-4-2-7-23-12)16(10-22)5-3-6-16/h2,4,7,9,14-15,19,22H,3,5-6,8,10H2,1H3. The molecule has 126 valence electrons. The molecule has 0 amide bonds. The highest BCUT2D eigenvalue weighted by Crippen LogP contribution is 2.50. The minimum Gasteiger partial charge on any atom is -0.396 e. The van der Waals surface area contributed by atoms with Crippen molar-refractivity contribution in [3.8, 4) is 0 Å². The predicted octanol–water partition coefficient (Wildman–Crippen LogP) is 3.41. The number of aryl methyl sites for hydroxylation is 1. The smallest absolute Gasteiger partial charge is 0.282 e. The van der Waals surface area contributed by atoms with Crippen LogP contribution >= 0.6 is 11.3 Å². The van der Waals surface area contributed by atoms with E-state index in [1.165, 1.54) is 4.68 Å². The fraction of sp³-hybridized carbons (Fsp3) is 0.562. The van der Waals surface area contributed by atoms with Gasteiger partial charge in [0.05, 0.1) is 6.61 Å². The Kier molecular flexibility index (Phi) is 4.79. The van der Waals surface area contributed by atoms with E-state index in [-0.39, 0.29) is 23.8 Å². The van der Waals surface area contributed by atoms with Crippen molar-refractivity contribution in [1.82, 2.24) is 15.1 Å². The molecule has 3 rings (SSSR count). The van der Waals surface area contributed by atoms with Crippen LogP contribution in [0.2, 0.25) is 0 Å². The van der Waals surface area contributed by atoms with Gasteiger partial charge in [0.25, 0.3) is 6.43 Å². The van der Waals surface area contributed by atoms with Gasteiger partial charge in [-0.2, -0.15) is 5.10 Å². The molecule has 0 aliphatic heterocycles. The van der Waals surface area contributed by atoms with Crippen LogP contribution in [0, 0.1) is 5.41 Å². The molecule has 23 heavy (non-hydrogen) atoms. The summed E-state index contributed by atoms with van der Waals surface area (Å²) in [4.78, 5) is 1.14. The SMILES string of the molecule is Cn1cc(CNC(c2cccs2)C2(CO)CCC2)c(C(F)F)n1. The van der Waals surface area contributed by atoms with E-state index in [1.807, 2.05) is 17.5 Å². The maximum absolute atomic E-state index is 13.1. The fourth-order valence-corrected chi connectivity index (χ4v) is 4.27. The molecule has 1 unspecified atom stereocenters. The molecule has 0 saturated heterocycles. The van der Waals surface area contributed by atoms with Crippen LogP contribution in [0.1, 0.15) is 47.9 Å². The molecule has 0 radical (unpaired) electrons. The van der Waals surface area contributed by atoms with E-state index >= 15 is 0 Å². The van der Waals surface area contributed by atoms with Crippen LogP contribution in [0.15, 0.2) is 23.7 Å². The number of halogens is 2. The van der Waals surface area contributed by atoms with E-state index in [0.717, 1.165) is 24.1 Å². The molecule has 1 aliphatic carbocycles. The Morgan fingerprint density at radius 3 is 2.78 bits per heavy atom. The van der Waals surface area contributed by atoms with E-state index in [4.69, 9.17) is 0 Å². The van der Waals surface area contributed by atoms with Gasteiger partial charge in [-0.15, -0.1) is 11.3 Å². The molecule has 2 aromatic heterocycles. The molecule has 0 aromatic carbocycles. The Balaban J connectivity index is 1.80. The van der Waals surface area contributed by atoms with E-state index in [9.17, 15) is 13.9 Å². The van der Waals surface area contributed by atoms with Crippen LogP contribution in [0.5, 0.6) is 0 Å². The van der Waals surface area contributed by atoms with Crippen molar-refractivity contribution < 1.29 is 13.9 Å². The van der Waals surface area contributed by atoms with Crippen LogP contribution in [0.4, 0.5) is 8.78 Å². The molecule has 2 aromatic rings. The Bertz CT molecular complexity index is 632. The molecule has 1 fully saturated rings. The van der Waals surface area contributed by atoms with Crippen molar-refractivity contribution >= 4 is 11.3 Å². The largest absolute Gasteiger partial charge is 0.396 e. The zero-order valence-electron chi connectivity index (χ0n) is 13.0. The Morgan fingerprint density at radius 1 is 1.48 bits per heavy atom. The molecule has 1 aliphatic rings. The Hall–Kier alpha value is -1.31. The third kappa shape index (κ3) is 3.18. The molecule has 2 N–H and O–H groups in total. The lowest BCUT2D eigenvalue weighted by Crippen LogP contribution is -2.45. The van der Waals surface area contributed by atoms with E-state index in [0.29, 0.717) is 12.1 Å². The number of nitrogens with one attached hydrogen (secondary N) is 1. The average molecular weight is 341 g/mol. The predicted molar refractivity (Wildman–Crippen MR) is 85.4 cm³/mol. The molecule has 0 spiro atoms. The first kappa shape index (κ1) is 16.5. The molecular weight excluding hydrogens is 320 g/mol. The summed E-state index contributed by atoms with van der Waals surface area (Å²) >= 11 is 1.63. The van der Waals surface area contributed by atoms with Gasteiger partial charge in [-0.1, -0.05) is 12.5 Å². The summed E-state index contributed by atoms with van der Waals surface area (Å²) in [5.41, 5.74) is 0.158. The summed E-state index contributed by atoms with van der Waals surface area (Å²) in [5.74, 6) is 0. The van der Waals surface area contributed by atoms with E-state index < -0.39 is 6.43 Å². The third-order valence-electron chi connectivity index (χ3n) is 4.74. The van der Waals surface area contributed by atoms with Crippen molar-refractivity contribution in [3.05, 3.63) is 39.8 Å². The van der Waals surface area contributed by atoms with Gasteiger partial charge in [0.15, 0.2) is 0 Å². The quantitative estimate of drug-likeness (QED) is 0.811. The second-order valence-corrected chi connectivity index (χ2v) is 7.20. The van der Waals surface area contributed by atoms with Crippen molar-refractivity contribution in [2.75, 3.05) is 6.61 Å². The monoisotopic (exact) mass is 341 g/mol. The van der Waals surface area contributed by atoms with Crippen molar-refractivity contribution in [2.45, 2.75) is 38.3 Å². The normalized spacial score (nSPS) is 18.1. The molecule has 0 bridgehead atoms. The van der Waals surface area contributed by atoms with Crippen molar-refractivity contribution in [2.24, 2.45) is 12.5 Å². The van der Waals surface area contributed by atoms with Crippen LogP contribution in [-0.2, 0) is 13.6 Å². The van der Waals surface area contributed by atoms with Crippen LogP contribution in [0.3, 0.4) is 0 Å². The van der Waals surface area contributed by atoms with Gasteiger partial charge >= 0.3 is 0 Å². The lowest BCUT2D eigenvalue weighted by Gasteiger charge is -2.46. The number of aromatic nitrogens is 2. The number of hydrogen-bond acceptors (Lipinski definition) is 4. The minimum absolute atomic E-state index is 0.0213. The maximum Gasteiger partial charge on any atom is 0.282 e. The van der Waals surface area contributed by atoms with Gasteiger partial charge in [-0.25, -0.2) is 8.78 Å². The van der Waals surface area contributed by atoms with E-state index in [2.05, 4.69) is 10.4 Å². The summed E-state index contributed by atoms with van der Waals surface area (Å²) < 4.78 is 27.6. The van der Waals surface area contributed by atoms with Crippen molar-refractivity contribution in [3.63, 3.8) is 0 Å². The van der Waals surface area contributed by atoms with Gasteiger partial charge in [0, 0.05) is 41.7 Å². The zero-order chi connectivity index (χ0) is 16.4. The summed E-state index contributed by atoms with van der Waals surface area (Å²) in [6, 6.07) is 3.99. The molecular formula is C16H21F2N3OS. The Morgan fingerprint density at radius 2 is 2.26 bits per heavy atom. The number of nitrogens with zero attached hydrogens (tertiary/aromatic N) is 2. The number of thiophene rings is 1. The van der Waals surface area contributed by atoms with Crippen LogP contribution < -0.4 is 5.32 Å². The zero-order valence-corrected chi connectivity index (χ0v) is 13.8. The van der Waals surface area contributed by atoms with Gasteiger partial charge in [0.1, 0.15) is 5.69 Å². The second-order valence-electron chi connectivity index (χ2n) is 6.22. The molecule has 7 heteroatoms. The number of hydrogen-bond donors (Lipinski definition) is 2. The average Bonchev–Trinajstić information content (AvgIpc) is 3.11. The van der Waals surface area contributed by atoms with Gasteiger partial charge < -0.3 is 10.4 Å².